The van der Waals surface area contributed by atoms with Crippen LogP contribution in [0.5, 0.6) is 17.2 Å². The van der Waals surface area contributed by atoms with Crippen molar-refractivity contribution >= 4 is 8.03 Å². The topological polar surface area (TPSA) is 108 Å². The molecule has 7 nitrogen and oxygen atoms in total. The molecule has 0 aliphatic heterocycles. The van der Waals surface area contributed by atoms with Crippen LogP contribution < -0.4 is 14.8 Å². The van der Waals surface area contributed by atoms with Crippen LogP contribution in [0.15, 0.2) is 48.5 Å². The van der Waals surface area contributed by atoms with Gasteiger partial charge in [-0.15, -0.1) is 0 Å². The fourth-order valence-corrected chi connectivity index (χ4v) is 6.49. The molecule has 4 N–H and O–H groups in total. The number of aliphatic hydroxyl groups is 1. The zero-order valence-corrected chi connectivity index (χ0v) is 22.9. The van der Waals surface area contributed by atoms with Gasteiger partial charge in [-0.3, -0.25) is 4.57 Å². The Hall–Kier alpha value is -2.05. The number of nitrogens with one attached hydrogen (secondary N) is 1. The summed E-state index contributed by atoms with van der Waals surface area (Å²) in [5, 5.41) is 22.4. The van der Waals surface area contributed by atoms with E-state index < -0.39 is 19.3 Å². The van der Waals surface area contributed by atoms with E-state index in [0.717, 1.165) is 31.2 Å². The number of phenols is 1. The lowest BCUT2D eigenvalue weighted by molar-refractivity contribution is 0.0988. The van der Waals surface area contributed by atoms with Gasteiger partial charge in [0.1, 0.15) is 36.6 Å². The first-order chi connectivity index (χ1) is 17.0. The Bertz CT molecular complexity index is 969. The summed E-state index contributed by atoms with van der Waals surface area (Å²) in [6, 6.07) is 14.3. The van der Waals surface area contributed by atoms with Crippen molar-refractivity contribution in [3.63, 3.8) is 0 Å². The highest BCUT2D eigenvalue weighted by molar-refractivity contribution is 7.40. The predicted octanol–water partition coefficient (Wildman–Crippen LogP) is 4.78. The third kappa shape index (κ3) is 7.48. The van der Waals surface area contributed by atoms with Crippen LogP contribution in [0.25, 0.3) is 0 Å². The summed E-state index contributed by atoms with van der Waals surface area (Å²) in [6.07, 6.45) is 3.10. The van der Waals surface area contributed by atoms with Crippen LogP contribution in [0.1, 0.15) is 52.5 Å². The van der Waals surface area contributed by atoms with Gasteiger partial charge in [0.05, 0.1) is 5.16 Å². The number of rotatable bonds is 12. The number of hydrogen-bond acceptors (Lipinski definition) is 6. The standard InChI is InChI=1S/C28H42NO6P/c1-20-6-5-7-21(2)28(20,36(32)33)19-35-26-12-8-22(9-13-26)16-27(3,4)29-17-24(31)18-34-25-14-10-23(30)11-15-25/h8-15,20-21,24,29-31,36H,5-7,16-19H2,1-4H3,(H,32,33). The summed E-state index contributed by atoms with van der Waals surface area (Å²) in [7, 11) is -2.75. The predicted molar refractivity (Wildman–Crippen MR) is 143 cm³/mol. The first kappa shape index (κ1) is 28.5. The van der Waals surface area contributed by atoms with Gasteiger partial charge in [0.2, 0.25) is 0 Å². The summed E-state index contributed by atoms with van der Waals surface area (Å²) in [5.41, 5.74) is 0.870. The first-order valence-corrected chi connectivity index (χ1v) is 14.2. The monoisotopic (exact) mass is 519 g/mol. The van der Waals surface area contributed by atoms with Crippen molar-refractivity contribution in [3.05, 3.63) is 54.1 Å². The molecule has 0 heterocycles. The van der Waals surface area contributed by atoms with Crippen LogP contribution in [0.2, 0.25) is 0 Å². The lowest BCUT2D eigenvalue weighted by Crippen LogP contribution is -2.47. The molecule has 0 amide bonds. The Balaban J connectivity index is 1.48. The molecule has 36 heavy (non-hydrogen) atoms. The Kier molecular flexibility index (Phi) is 9.87. The molecule has 0 radical (unpaired) electrons. The molecule has 1 fully saturated rings. The van der Waals surface area contributed by atoms with Crippen LogP contribution in [-0.2, 0) is 11.0 Å². The fourth-order valence-electron chi connectivity index (χ4n) is 5.17. The number of benzene rings is 2. The maximum atomic E-state index is 12.4. The molecule has 1 aliphatic rings. The molecule has 1 aliphatic carbocycles. The number of phenolic OH excluding ortho intramolecular Hbond substituents is 1. The Labute approximate surface area is 215 Å². The Morgan fingerprint density at radius 3 is 2.17 bits per heavy atom. The van der Waals surface area contributed by atoms with Crippen LogP contribution in [0, 0.1) is 11.8 Å². The molecule has 3 unspecified atom stereocenters. The lowest BCUT2D eigenvalue weighted by Gasteiger charge is -2.44. The molecular formula is C28H42NO6P. The van der Waals surface area contributed by atoms with Crippen molar-refractivity contribution < 1.29 is 29.1 Å². The van der Waals surface area contributed by atoms with Gasteiger partial charge in [0, 0.05) is 12.1 Å². The molecule has 1 saturated carbocycles. The lowest BCUT2D eigenvalue weighted by atomic mass is 9.73. The minimum atomic E-state index is -2.75. The summed E-state index contributed by atoms with van der Waals surface area (Å²) in [5.74, 6) is 1.79. The highest BCUT2D eigenvalue weighted by Crippen LogP contribution is 2.53. The van der Waals surface area contributed by atoms with Crippen molar-refractivity contribution in [2.24, 2.45) is 11.8 Å². The highest BCUT2D eigenvalue weighted by Gasteiger charge is 2.48. The zero-order valence-electron chi connectivity index (χ0n) is 21.9. The molecular weight excluding hydrogens is 477 g/mol. The van der Waals surface area contributed by atoms with Crippen molar-refractivity contribution in [2.75, 3.05) is 19.8 Å². The van der Waals surface area contributed by atoms with Gasteiger partial charge in [-0.1, -0.05) is 32.4 Å². The molecule has 8 heteroatoms. The van der Waals surface area contributed by atoms with Gasteiger partial charge in [-0.25, -0.2) is 0 Å². The number of hydrogen-bond donors (Lipinski definition) is 4. The van der Waals surface area contributed by atoms with Gasteiger partial charge >= 0.3 is 0 Å². The van der Waals surface area contributed by atoms with Crippen LogP contribution in [0.4, 0.5) is 0 Å². The van der Waals surface area contributed by atoms with Crippen LogP contribution >= 0.6 is 8.03 Å². The normalized spacial score (nSPS) is 24.2. The molecule has 0 spiro atoms. The summed E-state index contributed by atoms with van der Waals surface area (Å²) >= 11 is 0. The Morgan fingerprint density at radius 1 is 1.03 bits per heavy atom. The second kappa shape index (κ2) is 12.5. The average molecular weight is 520 g/mol. The van der Waals surface area contributed by atoms with Crippen LogP contribution in [0.3, 0.4) is 0 Å². The van der Waals surface area contributed by atoms with E-state index in [9.17, 15) is 19.7 Å². The van der Waals surface area contributed by atoms with Gasteiger partial charge in [-0.2, -0.15) is 0 Å². The highest BCUT2D eigenvalue weighted by atomic mass is 31.1. The zero-order chi connectivity index (χ0) is 26.3. The van der Waals surface area contributed by atoms with Crippen molar-refractivity contribution in [1.82, 2.24) is 5.32 Å². The molecule has 0 saturated heterocycles. The van der Waals surface area contributed by atoms with E-state index in [4.69, 9.17) is 9.47 Å². The van der Waals surface area contributed by atoms with Gasteiger partial charge in [0.15, 0.2) is 8.03 Å². The van der Waals surface area contributed by atoms with Crippen molar-refractivity contribution in [3.8, 4) is 17.2 Å². The maximum Gasteiger partial charge on any atom is 0.198 e. The fraction of sp³-hybridized carbons (Fsp3) is 0.571. The van der Waals surface area contributed by atoms with Crippen molar-refractivity contribution in [1.29, 1.82) is 0 Å². The number of β-amino-alcohol motifs (C(OH)–C–C–N with tert-alkyl or cyclic N) is 1. The maximum absolute atomic E-state index is 12.4. The molecule has 2 aromatic rings. The van der Waals surface area contributed by atoms with E-state index in [0.29, 0.717) is 18.0 Å². The second-order valence-electron chi connectivity index (χ2n) is 10.9. The molecule has 200 valence electrons. The molecule has 3 rings (SSSR count). The molecule has 2 aromatic carbocycles. The first-order valence-electron chi connectivity index (χ1n) is 12.8. The molecule has 0 aromatic heterocycles. The number of aliphatic hydroxyl groups excluding tert-OH is 1. The smallest absolute Gasteiger partial charge is 0.198 e. The van der Waals surface area contributed by atoms with Gasteiger partial charge in [0.25, 0.3) is 0 Å². The number of ether oxygens (including phenoxy) is 2. The van der Waals surface area contributed by atoms with E-state index >= 15 is 0 Å². The third-order valence-electron chi connectivity index (χ3n) is 7.57. The van der Waals surface area contributed by atoms with E-state index in [2.05, 4.69) is 33.0 Å². The van der Waals surface area contributed by atoms with Crippen molar-refractivity contribution in [2.45, 2.75) is 70.2 Å². The van der Waals surface area contributed by atoms with E-state index in [1.807, 2.05) is 24.3 Å². The Morgan fingerprint density at radius 2 is 1.58 bits per heavy atom. The average Bonchev–Trinajstić information content (AvgIpc) is 2.83. The van der Waals surface area contributed by atoms with E-state index in [1.54, 1.807) is 24.3 Å². The second-order valence-corrected chi connectivity index (χ2v) is 12.5. The van der Waals surface area contributed by atoms with E-state index in [-0.39, 0.29) is 36.3 Å². The largest absolute Gasteiger partial charge is 0.508 e. The minimum absolute atomic E-state index is 0.152. The molecule has 0 bridgehead atoms. The molecule has 4 atom stereocenters. The van der Waals surface area contributed by atoms with Crippen LogP contribution in [-0.4, -0.2) is 51.7 Å². The summed E-state index contributed by atoms with van der Waals surface area (Å²) in [4.78, 5) is 10.2. The minimum Gasteiger partial charge on any atom is -0.508 e. The van der Waals surface area contributed by atoms with Gasteiger partial charge < -0.3 is 29.9 Å². The SMILES string of the molecule is CC1CCCC(C)C1(COc1ccc(CC(C)(C)NCC(O)COc2ccc(O)cc2)cc1)[P@@H](=O)O. The quantitative estimate of drug-likeness (QED) is 0.299. The third-order valence-corrected chi connectivity index (χ3v) is 9.50. The number of aromatic hydroxyl groups is 1. The summed E-state index contributed by atoms with van der Waals surface area (Å²) in [6.45, 7) is 9.11. The summed E-state index contributed by atoms with van der Waals surface area (Å²) < 4.78 is 24.1. The van der Waals surface area contributed by atoms with E-state index in [1.165, 1.54) is 0 Å². The van der Waals surface area contributed by atoms with Gasteiger partial charge in [-0.05, 0) is 86.9 Å².